The Hall–Kier alpha value is -3.52. The van der Waals surface area contributed by atoms with Crippen molar-refractivity contribution in [3.05, 3.63) is 54.4 Å². The lowest BCUT2D eigenvalue weighted by Crippen LogP contribution is -2.13. The first-order chi connectivity index (χ1) is 12.7. The minimum atomic E-state index is -0.638. The molecule has 0 saturated carbocycles. The number of nitrogens with two attached hydrogens (primary N) is 1. The fourth-order valence-electron chi connectivity index (χ4n) is 2.82. The van der Waals surface area contributed by atoms with Gasteiger partial charge in [0.2, 0.25) is 0 Å². The number of nitrogens with zero attached hydrogens (tertiary/aromatic N) is 4. The van der Waals surface area contributed by atoms with Gasteiger partial charge in [0.15, 0.2) is 5.69 Å². The number of aliphatic hydroxyl groups is 1. The Morgan fingerprint density at radius 2 is 2.00 bits per heavy atom. The van der Waals surface area contributed by atoms with Gasteiger partial charge in [-0.25, -0.2) is 4.98 Å². The third-order valence-corrected chi connectivity index (χ3v) is 3.94. The topological polar surface area (TPSA) is 116 Å². The standard InChI is InChI=1S/C18H15N5O3/c19-17(25)15-13-7-6-11-10-20-18(26-12-4-2-1-3-5-12)21-14(11)16(13)23(22-15)8-9-24/h1-7,10,24H,8-9H2,(H2,19,25). The summed E-state index contributed by atoms with van der Waals surface area (Å²) in [4.78, 5) is 20.4. The van der Waals surface area contributed by atoms with E-state index < -0.39 is 5.91 Å². The minimum absolute atomic E-state index is 0.135. The summed E-state index contributed by atoms with van der Waals surface area (Å²) in [6.45, 7) is 0.0750. The molecule has 0 aliphatic heterocycles. The molecule has 2 aromatic heterocycles. The SMILES string of the molecule is NC(=O)c1nn(CCO)c2c1ccc1cnc(Oc3ccccc3)nc12. The number of benzene rings is 2. The fourth-order valence-corrected chi connectivity index (χ4v) is 2.82. The largest absolute Gasteiger partial charge is 0.424 e. The molecular formula is C18H15N5O3. The predicted molar refractivity (Wildman–Crippen MR) is 94.9 cm³/mol. The average Bonchev–Trinajstić information content (AvgIpc) is 3.02. The van der Waals surface area contributed by atoms with E-state index in [1.54, 1.807) is 30.5 Å². The van der Waals surface area contributed by atoms with Crippen molar-refractivity contribution in [2.24, 2.45) is 5.73 Å². The quantitative estimate of drug-likeness (QED) is 0.568. The molecule has 0 aliphatic rings. The van der Waals surface area contributed by atoms with Gasteiger partial charge in [-0.2, -0.15) is 10.1 Å². The third kappa shape index (κ3) is 2.72. The Kier molecular flexibility index (Phi) is 3.94. The molecule has 8 heteroatoms. The van der Waals surface area contributed by atoms with Crippen LogP contribution >= 0.6 is 0 Å². The molecule has 0 radical (unpaired) electrons. The second-order valence-electron chi connectivity index (χ2n) is 5.63. The van der Waals surface area contributed by atoms with Crippen LogP contribution in [0.25, 0.3) is 21.8 Å². The van der Waals surface area contributed by atoms with Crippen molar-refractivity contribution in [2.75, 3.05) is 6.61 Å². The van der Waals surface area contributed by atoms with Crippen LogP contribution in [0.4, 0.5) is 0 Å². The predicted octanol–water partition coefficient (Wildman–Crippen LogP) is 1.86. The third-order valence-electron chi connectivity index (χ3n) is 3.94. The summed E-state index contributed by atoms with van der Waals surface area (Å²) in [5.74, 6) is -0.0263. The highest BCUT2D eigenvalue weighted by Gasteiger charge is 2.18. The van der Waals surface area contributed by atoms with E-state index in [9.17, 15) is 9.90 Å². The van der Waals surface area contributed by atoms with Gasteiger partial charge in [0, 0.05) is 17.0 Å². The van der Waals surface area contributed by atoms with E-state index in [1.807, 2.05) is 18.2 Å². The summed E-state index contributed by atoms with van der Waals surface area (Å²) >= 11 is 0. The lowest BCUT2D eigenvalue weighted by Gasteiger charge is -2.07. The summed E-state index contributed by atoms with van der Waals surface area (Å²) in [5.41, 5.74) is 6.74. The van der Waals surface area contributed by atoms with E-state index in [0.29, 0.717) is 22.2 Å². The molecule has 130 valence electrons. The Morgan fingerprint density at radius 3 is 2.73 bits per heavy atom. The van der Waals surface area contributed by atoms with Crippen LogP contribution in [0.15, 0.2) is 48.7 Å². The number of hydrogen-bond acceptors (Lipinski definition) is 6. The van der Waals surface area contributed by atoms with Crippen molar-refractivity contribution >= 4 is 27.7 Å². The lowest BCUT2D eigenvalue weighted by atomic mass is 10.1. The van der Waals surface area contributed by atoms with Crippen molar-refractivity contribution in [3.8, 4) is 11.8 Å². The molecule has 2 aromatic carbocycles. The van der Waals surface area contributed by atoms with Crippen LogP contribution in [0, 0.1) is 0 Å². The van der Waals surface area contributed by atoms with Gasteiger partial charge in [0.1, 0.15) is 11.3 Å². The van der Waals surface area contributed by atoms with Crippen molar-refractivity contribution in [1.29, 1.82) is 0 Å². The molecule has 0 saturated heterocycles. The first-order valence-electron chi connectivity index (χ1n) is 7.97. The number of ether oxygens (including phenoxy) is 1. The molecule has 4 rings (SSSR count). The molecule has 2 heterocycles. The Labute approximate surface area is 147 Å². The van der Waals surface area contributed by atoms with Crippen LogP contribution in [-0.2, 0) is 6.54 Å². The molecule has 0 unspecified atom stereocenters. The van der Waals surface area contributed by atoms with Crippen molar-refractivity contribution in [3.63, 3.8) is 0 Å². The van der Waals surface area contributed by atoms with Gasteiger partial charge in [-0.3, -0.25) is 9.48 Å². The molecule has 0 spiro atoms. The van der Waals surface area contributed by atoms with Crippen LogP contribution < -0.4 is 10.5 Å². The van der Waals surface area contributed by atoms with E-state index in [-0.39, 0.29) is 24.9 Å². The maximum Gasteiger partial charge on any atom is 0.322 e. The molecule has 0 fully saturated rings. The van der Waals surface area contributed by atoms with Crippen LogP contribution in [-0.4, -0.2) is 37.4 Å². The number of amides is 1. The molecule has 1 amide bonds. The summed E-state index contributed by atoms with van der Waals surface area (Å²) in [6, 6.07) is 12.9. The first-order valence-corrected chi connectivity index (χ1v) is 7.97. The zero-order chi connectivity index (χ0) is 18.1. The minimum Gasteiger partial charge on any atom is -0.424 e. The number of carbonyl (C=O) groups excluding carboxylic acids is 1. The maximum absolute atomic E-state index is 11.7. The van der Waals surface area contributed by atoms with E-state index in [4.69, 9.17) is 10.5 Å². The van der Waals surface area contributed by atoms with E-state index in [2.05, 4.69) is 15.1 Å². The van der Waals surface area contributed by atoms with Gasteiger partial charge in [0.05, 0.1) is 18.7 Å². The number of rotatable bonds is 5. The summed E-state index contributed by atoms with van der Waals surface area (Å²) < 4.78 is 7.22. The molecule has 4 aromatic rings. The lowest BCUT2D eigenvalue weighted by molar-refractivity contribution is 0.0996. The second-order valence-corrected chi connectivity index (χ2v) is 5.63. The van der Waals surface area contributed by atoms with Crippen LogP contribution in [0.1, 0.15) is 10.5 Å². The van der Waals surface area contributed by atoms with Gasteiger partial charge in [-0.05, 0) is 18.2 Å². The highest BCUT2D eigenvalue weighted by molar-refractivity contribution is 6.11. The summed E-state index contributed by atoms with van der Waals surface area (Å²) in [5, 5.41) is 14.9. The molecule has 0 atom stereocenters. The van der Waals surface area contributed by atoms with Gasteiger partial charge < -0.3 is 15.6 Å². The Balaban J connectivity index is 1.92. The number of para-hydroxylation sites is 1. The molecule has 0 bridgehead atoms. The Morgan fingerprint density at radius 1 is 1.19 bits per heavy atom. The van der Waals surface area contributed by atoms with Crippen LogP contribution in [0.2, 0.25) is 0 Å². The number of hydrogen-bond donors (Lipinski definition) is 2. The molecule has 0 aliphatic carbocycles. The zero-order valence-electron chi connectivity index (χ0n) is 13.7. The molecule has 3 N–H and O–H groups in total. The Bertz CT molecular complexity index is 1110. The monoisotopic (exact) mass is 349 g/mol. The van der Waals surface area contributed by atoms with Crippen molar-refractivity contribution in [2.45, 2.75) is 6.54 Å². The number of aliphatic hydroxyl groups excluding tert-OH is 1. The van der Waals surface area contributed by atoms with E-state index in [1.165, 1.54) is 4.68 Å². The van der Waals surface area contributed by atoms with Gasteiger partial charge in [-0.15, -0.1) is 0 Å². The summed E-state index contributed by atoms with van der Waals surface area (Å²) in [6.07, 6.45) is 1.64. The number of aromatic nitrogens is 4. The highest BCUT2D eigenvalue weighted by atomic mass is 16.5. The van der Waals surface area contributed by atoms with Gasteiger partial charge in [-0.1, -0.05) is 24.3 Å². The number of fused-ring (bicyclic) bond motifs is 3. The number of primary amides is 1. The first kappa shape index (κ1) is 16.0. The second kappa shape index (κ2) is 6.41. The van der Waals surface area contributed by atoms with Crippen LogP contribution in [0.3, 0.4) is 0 Å². The maximum atomic E-state index is 11.7. The molecular weight excluding hydrogens is 334 g/mol. The molecule has 8 nitrogen and oxygen atoms in total. The van der Waals surface area contributed by atoms with Crippen molar-refractivity contribution < 1.29 is 14.6 Å². The highest BCUT2D eigenvalue weighted by Crippen LogP contribution is 2.28. The van der Waals surface area contributed by atoms with Gasteiger partial charge >= 0.3 is 6.01 Å². The van der Waals surface area contributed by atoms with Gasteiger partial charge in [0.25, 0.3) is 5.91 Å². The van der Waals surface area contributed by atoms with Crippen molar-refractivity contribution in [1.82, 2.24) is 19.7 Å². The fraction of sp³-hybridized carbons (Fsp3) is 0.111. The number of carbonyl (C=O) groups is 1. The average molecular weight is 349 g/mol. The zero-order valence-corrected chi connectivity index (χ0v) is 13.7. The smallest absolute Gasteiger partial charge is 0.322 e. The van der Waals surface area contributed by atoms with E-state index >= 15 is 0 Å². The van der Waals surface area contributed by atoms with Crippen LogP contribution in [0.5, 0.6) is 11.8 Å². The normalized spacial score (nSPS) is 11.1. The van der Waals surface area contributed by atoms with E-state index in [0.717, 1.165) is 5.39 Å². The molecule has 26 heavy (non-hydrogen) atoms. The summed E-state index contributed by atoms with van der Waals surface area (Å²) in [7, 11) is 0.